The summed E-state index contributed by atoms with van der Waals surface area (Å²) in [6.07, 6.45) is 3.80. The fraction of sp³-hybridized carbons (Fsp3) is 1.00. The highest BCUT2D eigenvalue weighted by Gasteiger charge is 2.23. The van der Waals surface area contributed by atoms with E-state index in [1.165, 1.54) is 25.9 Å². The Hall–Kier alpha value is -0.120. The van der Waals surface area contributed by atoms with Crippen molar-refractivity contribution >= 4 is 0 Å². The Morgan fingerprint density at radius 1 is 1.38 bits per heavy atom. The molecule has 0 aliphatic carbocycles. The molecule has 1 saturated heterocycles. The van der Waals surface area contributed by atoms with Crippen molar-refractivity contribution in [2.75, 3.05) is 33.9 Å². The van der Waals surface area contributed by atoms with E-state index in [2.05, 4.69) is 31.1 Å². The van der Waals surface area contributed by atoms with Gasteiger partial charge in [-0.2, -0.15) is 0 Å². The van der Waals surface area contributed by atoms with E-state index in [0.29, 0.717) is 12.1 Å². The van der Waals surface area contributed by atoms with Crippen molar-refractivity contribution in [2.24, 2.45) is 5.92 Å². The van der Waals surface area contributed by atoms with Gasteiger partial charge in [-0.25, -0.2) is 0 Å². The predicted octanol–water partition coefficient (Wildman–Crippen LogP) is 1.73. The summed E-state index contributed by atoms with van der Waals surface area (Å²) < 4.78 is 5.23. The molecule has 0 aromatic heterocycles. The van der Waals surface area contributed by atoms with E-state index < -0.39 is 0 Å². The molecule has 1 N–H and O–H groups in total. The monoisotopic (exact) mass is 228 g/mol. The summed E-state index contributed by atoms with van der Waals surface area (Å²) in [7, 11) is 4.00. The van der Waals surface area contributed by atoms with Gasteiger partial charge < -0.3 is 15.0 Å². The maximum atomic E-state index is 5.23. The molecule has 0 saturated carbocycles. The third kappa shape index (κ3) is 4.40. The van der Waals surface area contributed by atoms with Gasteiger partial charge in [-0.15, -0.1) is 0 Å². The van der Waals surface area contributed by atoms with Gasteiger partial charge in [0.1, 0.15) is 0 Å². The summed E-state index contributed by atoms with van der Waals surface area (Å²) in [5, 5.41) is 3.71. The van der Waals surface area contributed by atoms with Gasteiger partial charge in [0.05, 0.1) is 6.61 Å². The first-order valence-electron chi connectivity index (χ1n) is 6.60. The number of piperidine rings is 1. The number of ether oxygens (including phenoxy) is 1. The SMILES string of the molecule is CCC(COC)NC(C)C1CCN(C)CC1. The molecule has 1 rings (SSSR count). The quantitative estimate of drug-likeness (QED) is 0.749. The minimum Gasteiger partial charge on any atom is -0.383 e. The number of nitrogens with one attached hydrogen (secondary N) is 1. The van der Waals surface area contributed by atoms with Gasteiger partial charge >= 0.3 is 0 Å². The lowest BCUT2D eigenvalue weighted by atomic mass is 9.90. The maximum Gasteiger partial charge on any atom is 0.0615 e. The number of hydrogen-bond donors (Lipinski definition) is 1. The molecule has 1 aliphatic rings. The van der Waals surface area contributed by atoms with Crippen molar-refractivity contribution in [2.45, 2.75) is 45.2 Å². The van der Waals surface area contributed by atoms with Crippen LogP contribution in [0.4, 0.5) is 0 Å². The summed E-state index contributed by atoms with van der Waals surface area (Å²) in [5.41, 5.74) is 0. The fourth-order valence-electron chi connectivity index (χ4n) is 2.52. The highest BCUT2D eigenvalue weighted by Crippen LogP contribution is 2.20. The highest BCUT2D eigenvalue weighted by atomic mass is 16.5. The third-order valence-corrected chi connectivity index (χ3v) is 3.83. The molecule has 2 unspecified atom stereocenters. The average Bonchev–Trinajstić information content (AvgIpc) is 2.29. The second-order valence-electron chi connectivity index (χ2n) is 5.16. The van der Waals surface area contributed by atoms with Crippen LogP contribution in [0.3, 0.4) is 0 Å². The predicted molar refractivity (Wildman–Crippen MR) is 68.8 cm³/mol. The lowest BCUT2D eigenvalue weighted by Crippen LogP contribution is -2.46. The third-order valence-electron chi connectivity index (χ3n) is 3.83. The van der Waals surface area contributed by atoms with Crippen molar-refractivity contribution in [1.29, 1.82) is 0 Å². The number of methoxy groups -OCH3 is 1. The summed E-state index contributed by atoms with van der Waals surface area (Å²) in [5.74, 6) is 0.835. The molecule has 0 aromatic rings. The lowest BCUT2D eigenvalue weighted by molar-refractivity contribution is 0.138. The molecule has 3 heteroatoms. The smallest absolute Gasteiger partial charge is 0.0615 e. The van der Waals surface area contributed by atoms with Crippen molar-refractivity contribution in [3.05, 3.63) is 0 Å². The van der Waals surface area contributed by atoms with Crippen LogP contribution in [0.1, 0.15) is 33.1 Å². The first-order chi connectivity index (χ1) is 7.67. The summed E-state index contributed by atoms with van der Waals surface area (Å²) in [6, 6.07) is 1.13. The Kier molecular flexibility index (Phi) is 6.32. The van der Waals surface area contributed by atoms with Crippen LogP contribution in [-0.2, 0) is 4.74 Å². The van der Waals surface area contributed by atoms with E-state index in [-0.39, 0.29) is 0 Å². The van der Waals surface area contributed by atoms with Crippen molar-refractivity contribution in [3.63, 3.8) is 0 Å². The molecule has 1 heterocycles. The number of nitrogens with zero attached hydrogens (tertiary/aromatic N) is 1. The Morgan fingerprint density at radius 3 is 2.50 bits per heavy atom. The standard InChI is InChI=1S/C13H28N2O/c1-5-13(10-16-4)14-11(2)12-6-8-15(3)9-7-12/h11-14H,5-10H2,1-4H3. The number of hydrogen-bond acceptors (Lipinski definition) is 3. The fourth-order valence-corrected chi connectivity index (χ4v) is 2.52. The highest BCUT2D eigenvalue weighted by molar-refractivity contribution is 4.80. The molecule has 0 aromatic carbocycles. The van der Waals surface area contributed by atoms with Crippen molar-refractivity contribution in [1.82, 2.24) is 10.2 Å². The van der Waals surface area contributed by atoms with Crippen LogP contribution in [0.2, 0.25) is 0 Å². The van der Waals surface area contributed by atoms with Crippen LogP contribution in [0, 0.1) is 5.92 Å². The zero-order valence-corrected chi connectivity index (χ0v) is 11.3. The van der Waals surface area contributed by atoms with Gasteiger partial charge in [0.15, 0.2) is 0 Å². The largest absolute Gasteiger partial charge is 0.383 e. The Labute approximate surface area is 101 Å². The number of likely N-dealkylation sites (tertiary alicyclic amines) is 1. The molecule has 0 spiro atoms. The van der Waals surface area contributed by atoms with Crippen molar-refractivity contribution in [3.8, 4) is 0 Å². The Bertz CT molecular complexity index is 179. The van der Waals surface area contributed by atoms with Gasteiger partial charge in [-0.1, -0.05) is 6.92 Å². The molecule has 1 fully saturated rings. The topological polar surface area (TPSA) is 24.5 Å². The molecule has 0 amide bonds. The van der Waals surface area contributed by atoms with E-state index in [4.69, 9.17) is 4.74 Å². The normalized spacial score (nSPS) is 23.2. The van der Waals surface area contributed by atoms with Gasteiger partial charge in [0, 0.05) is 19.2 Å². The first kappa shape index (κ1) is 13.9. The summed E-state index contributed by atoms with van der Waals surface area (Å²) in [6.45, 7) is 7.87. The van der Waals surface area contributed by atoms with Gasteiger partial charge in [-0.3, -0.25) is 0 Å². The first-order valence-corrected chi connectivity index (χ1v) is 6.60. The maximum absolute atomic E-state index is 5.23. The van der Waals surface area contributed by atoms with Crippen LogP contribution >= 0.6 is 0 Å². The van der Waals surface area contributed by atoms with Crippen LogP contribution < -0.4 is 5.32 Å². The van der Waals surface area contributed by atoms with Crippen molar-refractivity contribution < 1.29 is 4.74 Å². The molecular formula is C13H28N2O. The molecular weight excluding hydrogens is 200 g/mol. The van der Waals surface area contributed by atoms with Gasteiger partial charge in [-0.05, 0) is 52.2 Å². The molecule has 0 bridgehead atoms. The van der Waals surface area contributed by atoms with Crippen LogP contribution in [0.25, 0.3) is 0 Å². The molecule has 2 atom stereocenters. The summed E-state index contributed by atoms with van der Waals surface area (Å²) in [4.78, 5) is 2.43. The average molecular weight is 228 g/mol. The van der Waals surface area contributed by atoms with Gasteiger partial charge in [0.25, 0.3) is 0 Å². The van der Waals surface area contributed by atoms with E-state index in [0.717, 1.165) is 18.9 Å². The van der Waals surface area contributed by atoms with Crippen LogP contribution in [0.5, 0.6) is 0 Å². The lowest BCUT2D eigenvalue weighted by Gasteiger charge is -2.34. The Morgan fingerprint density at radius 2 is 2.00 bits per heavy atom. The molecule has 96 valence electrons. The molecule has 0 radical (unpaired) electrons. The molecule has 1 aliphatic heterocycles. The molecule has 3 nitrogen and oxygen atoms in total. The molecule has 16 heavy (non-hydrogen) atoms. The second-order valence-corrected chi connectivity index (χ2v) is 5.16. The number of rotatable bonds is 6. The minimum absolute atomic E-state index is 0.514. The van der Waals surface area contributed by atoms with Crippen LogP contribution in [0.15, 0.2) is 0 Å². The van der Waals surface area contributed by atoms with E-state index in [1.54, 1.807) is 7.11 Å². The Balaban J connectivity index is 2.30. The zero-order valence-electron chi connectivity index (χ0n) is 11.3. The van der Waals surface area contributed by atoms with E-state index >= 15 is 0 Å². The van der Waals surface area contributed by atoms with E-state index in [9.17, 15) is 0 Å². The summed E-state index contributed by atoms with van der Waals surface area (Å²) >= 11 is 0. The van der Waals surface area contributed by atoms with Crippen LogP contribution in [-0.4, -0.2) is 50.8 Å². The second kappa shape index (κ2) is 7.25. The zero-order chi connectivity index (χ0) is 12.0. The minimum atomic E-state index is 0.514. The van der Waals surface area contributed by atoms with Gasteiger partial charge in [0.2, 0.25) is 0 Å². The van der Waals surface area contributed by atoms with E-state index in [1.807, 2.05) is 0 Å².